The third kappa shape index (κ3) is 3.58. The van der Waals surface area contributed by atoms with E-state index in [0.717, 1.165) is 23.9 Å². The smallest absolute Gasteiger partial charge is 0.223 e. The van der Waals surface area contributed by atoms with Crippen LogP contribution < -0.4 is 5.32 Å². The normalized spacial score (nSPS) is 24.7. The first kappa shape index (κ1) is 16.7. The van der Waals surface area contributed by atoms with E-state index in [1.807, 2.05) is 0 Å². The van der Waals surface area contributed by atoms with Crippen LogP contribution >= 0.6 is 23.7 Å². The molecule has 21 heavy (non-hydrogen) atoms. The fraction of sp³-hybridized carbons (Fsp3) is 0.733. The lowest BCUT2D eigenvalue weighted by Crippen LogP contribution is -2.49. The first-order chi connectivity index (χ1) is 9.67. The SMILES string of the molecule is CCCN1CCC[C@H]2Cc3nc(NC(C)=O)sc3C[C@@H]21.Cl. The summed E-state index contributed by atoms with van der Waals surface area (Å²) in [6, 6.07) is 0.696. The molecule has 2 aliphatic rings. The van der Waals surface area contributed by atoms with Crippen LogP contribution in [0.1, 0.15) is 43.7 Å². The summed E-state index contributed by atoms with van der Waals surface area (Å²) in [5, 5.41) is 3.62. The molecule has 1 amide bonds. The van der Waals surface area contributed by atoms with Crippen LogP contribution in [0, 0.1) is 5.92 Å². The van der Waals surface area contributed by atoms with Gasteiger partial charge in [-0.3, -0.25) is 9.69 Å². The number of fused-ring (bicyclic) bond motifs is 2. The summed E-state index contributed by atoms with van der Waals surface area (Å²) in [6.07, 6.45) is 6.10. The first-order valence-electron chi connectivity index (χ1n) is 7.67. The van der Waals surface area contributed by atoms with Gasteiger partial charge < -0.3 is 5.32 Å². The quantitative estimate of drug-likeness (QED) is 0.926. The molecule has 2 heterocycles. The van der Waals surface area contributed by atoms with Gasteiger partial charge in [-0.15, -0.1) is 23.7 Å². The molecule has 1 aliphatic carbocycles. The van der Waals surface area contributed by atoms with Crippen molar-refractivity contribution in [3.8, 4) is 0 Å². The number of amides is 1. The molecule has 6 heteroatoms. The van der Waals surface area contributed by atoms with Crippen LogP contribution in [-0.2, 0) is 17.6 Å². The Morgan fingerprint density at radius 3 is 3.00 bits per heavy atom. The lowest BCUT2D eigenvalue weighted by atomic mass is 9.79. The molecule has 0 aromatic carbocycles. The maximum absolute atomic E-state index is 11.2. The van der Waals surface area contributed by atoms with Crippen molar-refractivity contribution in [3.05, 3.63) is 10.6 Å². The van der Waals surface area contributed by atoms with E-state index in [1.165, 1.54) is 42.9 Å². The molecule has 3 rings (SSSR count). The zero-order valence-electron chi connectivity index (χ0n) is 12.7. The minimum atomic E-state index is -0.0267. The molecule has 1 fully saturated rings. The Kier molecular flexibility index (Phi) is 5.63. The maximum Gasteiger partial charge on any atom is 0.223 e. The summed E-state index contributed by atoms with van der Waals surface area (Å²) in [5.41, 5.74) is 1.23. The summed E-state index contributed by atoms with van der Waals surface area (Å²) >= 11 is 1.67. The number of nitrogens with zero attached hydrogens (tertiary/aromatic N) is 2. The highest BCUT2D eigenvalue weighted by Crippen LogP contribution is 2.38. The molecule has 0 radical (unpaired) electrons. The van der Waals surface area contributed by atoms with Gasteiger partial charge in [-0.05, 0) is 51.1 Å². The van der Waals surface area contributed by atoms with Crippen molar-refractivity contribution in [2.75, 3.05) is 18.4 Å². The molecule has 1 aromatic heterocycles. The molecule has 1 aliphatic heterocycles. The number of hydrogen-bond acceptors (Lipinski definition) is 4. The monoisotopic (exact) mass is 329 g/mol. The van der Waals surface area contributed by atoms with Crippen molar-refractivity contribution < 1.29 is 4.79 Å². The number of halogens is 1. The summed E-state index contributed by atoms with van der Waals surface area (Å²) < 4.78 is 0. The van der Waals surface area contributed by atoms with Crippen LogP contribution in [0.3, 0.4) is 0 Å². The number of thiazole rings is 1. The Balaban J connectivity index is 0.00000161. The predicted molar refractivity (Wildman–Crippen MR) is 89.4 cm³/mol. The van der Waals surface area contributed by atoms with Crippen LogP contribution in [0.4, 0.5) is 5.13 Å². The van der Waals surface area contributed by atoms with Gasteiger partial charge in [0.2, 0.25) is 5.91 Å². The molecule has 1 N–H and O–H groups in total. The van der Waals surface area contributed by atoms with Crippen molar-refractivity contribution in [1.29, 1.82) is 0 Å². The second-order valence-corrected chi connectivity index (χ2v) is 7.07. The van der Waals surface area contributed by atoms with Crippen LogP contribution in [0.5, 0.6) is 0 Å². The fourth-order valence-corrected chi connectivity index (χ4v) is 4.74. The second-order valence-electron chi connectivity index (χ2n) is 5.98. The average Bonchev–Trinajstić information content (AvgIpc) is 2.77. The number of anilines is 1. The number of carbonyl (C=O) groups excluding carboxylic acids is 1. The van der Waals surface area contributed by atoms with Crippen LogP contribution in [0.15, 0.2) is 0 Å². The molecular weight excluding hydrogens is 306 g/mol. The number of carbonyl (C=O) groups is 1. The van der Waals surface area contributed by atoms with Crippen LogP contribution in [0.25, 0.3) is 0 Å². The molecular formula is C15H24ClN3OS. The molecule has 0 unspecified atom stereocenters. The average molecular weight is 330 g/mol. The Morgan fingerprint density at radius 2 is 2.29 bits per heavy atom. The number of hydrogen-bond donors (Lipinski definition) is 1. The van der Waals surface area contributed by atoms with Gasteiger partial charge in [0.05, 0.1) is 5.69 Å². The number of nitrogens with one attached hydrogen (secondary N) is 1. The highest BCUT2D eigenvalue weighted by molar-refractivity contribution is 7.15. The van der Waals surface area contributed by atoms with Crippen LogP contribution in [-0.4, -0.2) is 34.9 Å². The fourth-order valence-electron chi connectivity index (χ4n) is 3.66. The van der Waals surface area contributed by atoms with Crippen molar-refractivity contribution in [2.24, 2.45) is 5.92 Å². The largest absolute Gasteiger partial charge is 0.302 e. The predicted octanol–water partition coefficient (Wildman–Crippen LogP) is 3.11. The van der Waals surface area contributed by atoms with Gasteiger partial charge in [0.1, 0.15) is 0 Å². The van der Waals surface area contributed by atoms with Gasteiger partial charge in [-0.2, -0.15) is 0 Å². The van der Waals surface area contributed by atoms with Crippen molar-refractivity contribution in [1.82, 2.24) is 9.88 Å². The zero-order chi connectivity index (χ0) is 14.1. The maximum atomic E-state index is 11.2. The molecule has 0 saturated carbocycles. The van der Waals surface area contributed by atoms with E-state index in [1.54, 1.807) is 18.3 Å². The summed E-state index contributed by atoms with van der Waals surface area (Å²) in [6.45, 7) is 6.28. The summed E-state index contributed by atoms with van der Waals surface area (Å²) in [5.74, 6) is 0.733. The van der Waals surface area contributed by atoms with Crippen molar-refractivity contribution >= 4 is 34.8 Å². The van der Waals surface area contributed by atoms with Gasteiger partial charge in [0, 0.05) is 17.8 Å². The Labute approximate surface area is 136 Å². The number of rotatable bonds is 3. The minimum Gasteiger partial charge on any atom is -0.302 e. The zero-order valence-corrected chi connectivity index (χ0v) is 14.4. The van der Waals surface area contributed by atoms with E-state index < -0.39 is 0 Å². The molecule has 4 nitrogen and oxygen atoms in total. The van der Waals surface area contributed by atoms with E-state index in [4.69, 9.17) is 0 Å². The van der Waals surface area contributed by atoms with Gasteiger partial charge >= 0.3 is 0 Å². The minimum absolute atomic E-state index is 0. The lowest BCUT2D eigenvalue weighted by molar-refractivity contribution is -0.114. The van der Waals surface area contributed by atoms with E-state index in [0.29, 0.717) is 6.04 Å². The summed E-state index contributed by atoms with van der Waals surface area (Å²) in [7, 11) is 0. The highest BCUT2D eigenvalue weighted by atomic mass is 35.5. The van der Waals surface area contributed by atoms with E-state index in [-0.39, 0.29) is 18.3 Å². The highest BCUT2D eigenvalue weighted by Gasteiger charge is 2.36. The van der Waals surface area contributed by atoms with E-state index in [2.05, 4.69) is 22.1 Å². The molecule has 0 bridgehead atoms. The van der Waals surface area contributed by atoms with Crippen molar-refractivity contribution in [2.45, 2.75) is 52.0 Å². The van der Waals surface area contributed by atoms with Gasteiger partial charge in [0.15, 0.2) is 5.13 Å². The Bertz CT molecular complexity index is 503. The van der Waals surface area contributed by atoms with Gasteiger partial charge in [0.25, 0.3) is 0 Å². The van der Waals surface area contributed by atoms with Gasteiger partial charge in [-0.25, -0.2) is 4.98 Å². The van der Waals surface area contributed by atoms with Gasteiger partial charge in [-0.1, -0.05) is 6.92 Å². The number of likely N-dealkylation sites (tertiary alicyclic amines) is 1. The van der Waals surface area contributed by atoms with Crippen molar-refractivity contribution in [3.63, 3.8) is 0 Å². The second kappa shape index (κ2) is 7.07. The third-order valence-electron chi connectivity index (χ3n) is 4.46. The lowest BCUT2D eigenvalue weighted by Gasteiger charge is -2.43. The standard InChI is InChI=1S/C15H23N3OS.ClH/c1-3-6-18-7-4-5-11-8-12-14(9-13(11)18)20-15(17-12)16-10(2)19;/h11,13H,3-9H2,1-2H3,(H,16,17,19);1H/t11-,13-;/m0./s1. The first-order valence-corrected chi connectivity index (χ1v) is 8.49. The number of aromatic nitrogens is 1. The van der Waals surface area contributed by atoms with Crippen LogP contribution in [0.2, 0.25) is 0 Å². The molecule has 1 aromatic rings. The summed E-state index contributed by atoms with van der Waals surface area (Å²) in [4.78, 5) is 19.8. The van der Waals surface area contributed by atoms with E-state index >= 15 is 0 Å². The Hall–Kier alpha value is -0.650. The number of piperidine rings is 1. The molecule has 2 atom stereocenters. The molecule has 0 spiro atoms. The molecule has 1 saturated heterocycles. The Morgan fingerprint density at radius 1 is 1.48 bits per heavy atom. The third-order valence-corrected chi connectivity index (χ3v) is 5.49. The van der Waals surface area contributed by atoms with E-state index in [9.17, 15) is 4.79 Å². The molecule has 118 valence electrons. The topological polar surface area (TPSA) is 45.2 Å².